The Labute approximate surface area is 121 Å². The maximum absolute atomic E-state index is 13.8. The molecule has 108 valence electrons. The summed E-state index contributed by atoms with van der Waals surface area (Å²) in [6, 6.07) is 0. The largest absolute Gasteiger partial charge is 0.355 e. The van der Waals surface area contributed by atoms with E-state index in [2.05, 4.69) is 24.8 Å². The minimum atomic E-state index is -0.344. The van der Waals surface area contributed by atoms with Gasteiger partial charge in [0.15, 0.2) is 11.6 Å². The van der Waals surface area contributed by atoms with Gasteiger partial charge < -0.3 is 9.80 Å². The fraction of sp³-hybridized carbons (Fsp3) is 0.429. The van der Waals surface area contributed by atoms with Crippen LogP contribution in [-0.4, -0.2) is 46.1 Å². The molecule has 0 bridgehead atoms. The highest BCUT2D eigenvalue weighted by Gasteiger charge is 2.41. The normalized spacial score (nSPS) is 24.4. The molecule has 0 aliphatic carbocycles. The van der Waals surface area contributed by atoms with E-state index in [-0.39, 0.29) is 5.82 Å². The third kappa shape index (κ3) is 2.18. The molecule has 2 atom stereocenters. The number of fused-ring (bicyclic) bond motifs is 1. The summed E-state index contributed by atoms with van der Waals surface area (Å²) in [4.78, 5) is 20.5. The summed E-state index contributed by atoms with van der Waals surface area (Å²) in [7, 11) is 0. The third-order valence-electron chi connectivity index (χ3n) is 4.31. The van der Waals surface area contributed by atoms with Crippen LogP contribution in [0.2, 0.25) is 0 Å². The first kappa shape index (κ1) is 12.4. The molecule has 0 spiro atoms. The first-order valence-corrected chi connectivity index (χ1v) is 7.02. The van der Waals surface area contributed by atoms with Crippen molar-refractivity contribution in [2.45, 2.75) is 0 Å². The van der Waals surface area contributed by atoms with Gasteiger partial charge in [-0.15, -0.1) is 0 Å². The molecule has 2 aliphatic rings. The van der Waals surface area contributed by atoms with Crippen LogP contribution in [0.1, 0.15) is 0 Å². The molecule has 2 aromatic rings. The number of anilines is 2. The van der Waals surface area contributed by atoms with Crippen LogP contribution in [0.3, 0.4) is 0 Å². The van der Waals surface area contributed by atoms with Crippen LogP contribution < -0.4 is 9.80 Å². The Morgan fingerprint density at radius 2 is 1.67 bits per heavy atom. The molecule has 0 N–H and O–H groups in total. The van der Waals surface area contributed by atoms with Crippen molar-refractivity contribution in [3.05, 3.63) is 36.9 Å². The van der Waals surface area contributed by atoms with Gasteiger partial charge in [-0.1, -0.05) is 0 Å². The molecular weight excluding hydrogens is 271 g/mol. The van der Waals surface area contributed by atoms with Crippen molar-refractivity contribution >= 4 is 11.6 Å². The highest BCUT2D eigenvalue weighted by molar-refractivity contribution is 5.44. The average molecular weight is 286 g/mol. The van der Waals surface area contributed by atoms with E-state index < -0.39 is 0 Å². The minimum absolute atomic E-state index is 0.344. The molecule has 4 heterocycles. The van der Waals surface area contributed by atoms with Gasteiger partial charge in [-0.2, -0.15) is 0 Å². The van der Waals surface area contributed by atoms with Crippen LogP contribution in [0.15, 0.2) is 31.1 Å². The minimum Gasteiger partial charge on any atom is -0.355 e. The van der Waals surface area contributed by atoms with Gasteiger partial charge in [0.25, 0.3) is 0 Å². The van der Waals surface area contributed by atoms with E-state index in [9.17, 15) is 4.39 Å². The maximum atomic E-state index is 13.8. The number of rotatable bonds is 2. The summed E-state index contributed by atoms with van der Waals surface area (Å²) in [5.41, 5.74) is 0. The third-order valence-corrected chi connectivity index (χ3v) is 4.31. The van der Waals surface area contributed by atoms with E-state index in [1.807, 2.05) is 4.90 Å². The second-order valence-corrected chi connectivity index (χ2v) is 5.59. The predicted molar refractivity (Wildman–Crippen MR) is 75.4 cm³/mol. The fourth-order valence-corrected chi connectivity index (χ4v) is 3.35. The van der Waals surface area contributed by atoms with Crippen LogP contribution in [0.4, 0.5) is 16.0 Å². The van der Waals surface area contributed by atoms with Crippen LogP contribution in [0, 0.1) is 17.7 Å². The van der Waals surface area contributed by atoms with E-state index in [1.165, 1.54) is 12.5 Å². The van der Waals surface area contributed by atoms with Gasteiger partial charge in [-0.05, 0) is 0 Å². The summed E-state index contributed by atoms with van der Waals surface area (Å²) < 4.78 is 13.8. The van der Waals surface area contributed by atoms with E-state index in [0.717, 1.165) is 32.0 Å². The van der Waals surface area contributed by atoms with Crippen molar-refractivity contribution in [2.24, 2.45) is 11.8 Å². The SMILES string of the molecule is Fc1cncnc1N1CC2CN(c3cnccn3)CC2C1. The Morgan fingerprint density at radius 3 is 2.33 bits per heavy atom. The summed E-state index contributed by atoms with van der Waals surface area (Å²) in [5, 5.41) is 0. The summed E-state index contributed by atoms with van der Waals surface area (Å²) >= 11 is 0. The van der Waals surface area contributed by atoms with Gasteiger partial charge in [-0.3, -0.25) is 4.98 Å². The van der Waals surface area contributed by atoms with E-state index in [1.54, 1.807) is 18.6 Å². The van der Waals surface area contributed by atoms with Crippen LogP contribution >= 0.6 is 0 Å². The highest BCUT2D eigenvalue weighted by Crippen LogP contribution is 2.35. The maximum Gasteiger partial charge on any atom is 0.183 e. The zero-order valence-electron chi connectivity index (χ0n) is 11.4. The quantitative estimate of drug-likeness (QED) is 0.820. The number of aromatic nitrogens is 4. The van der Waals surface area contributed by atoms with E-state index in [0.29, 0.717) is 17.7 Å². The lowest BCUT2D eigenvalue weighted by molar-refractivity contribution is 0.533. The van der Waals surface area contributed by atoms with E-state index in [4.69, 9.17) is 0 Å². The number of hydrogen-bond donors (Lipinski definition) is 0. The lowest BCUT2D eigenvalue weighted by atomic mass is 10.0. The molecule has 21 heavy (non-hydrogen) atoms. The lowest BCUT2D eigenvalue weighted by Gasteiger charge is -2.22. The Morgan fingerprint density at radius 1 is 0.905 bits per heavy atom. The van der Waals surface area contributed by atoms with Crippen molar-refractivity contribution < 1.29 is 4.39 Å². The molecule has 2 saturated heterocycles. The second-order valence-electron chi connectivity index (χ2n) is 5.59. The molecule has 0 aromatic carbocycles. The van der Waals surface area contributed by atoms with Gasteiger partial charge in [0, 0.05) is 50.4 Å². The van der Waals surface area contributed by atoms with Gasteiger partial charge in [0.1, 0.15) is 12.1 Å². The molecular formula is C14H15FN6. The standard InChI is InChI=1S/C14H15FN6/c15-12-3-17-9-19-14(12)21-7-10-5-20(6-11(10)8-21)13-4-16-1-2-18-13/h1-4,9-11H,5-8H2. The predicted octanol–water partition coefficient (Wildman–Crippen LogP) is 0.978. The van der Waals surface area contributed by atoms with Crippen LogP contribution in [0.25, 0.3) is 0 Å². The smallest absolute Gasteiger partial charge is 0.183 e. The zero-order chi connectivity index (χ0) is 14.2. The Hall–Kier alpha value is -2.31. The Bertz CT molecular complexity index is 622. The molecule has 6 nitrogen and oxygen atoms in total. The summed E-state index contributed by atoms with van der Waals surface area (Å²) in [5.74, 6) is 2.03. The molecule has 2 aromatic heterocycles. The summed E-state index contributed by atoms with van der Waals surface area (Å²) in [6.45, 7) is 3.53. The second kappa shape index (κ2) is 4.91. The molecule has 2 unspecified atom stereocenters. The van der Waals surface area contributed by atoms with E-state index >= 15 is 0 Å². The van der Waals surface area contributed by atoms with Crippen LogP contribution in [-0.2, 0) is 0 Å². The molecule has 7 heteroatoms. The van der Waals surface area contributed by atoms with Crippen molar-refractivity contribution in [1.82, 2.24) is 19.9 Å². The molecule has 2 fully saturated rings. The molecule has 4 rings (SSSR count). The topological polar surface area (TPSA) is 58.0 Å². The zero-order valence-corrected chi connectivity index (χ0v) is 11.4. The Kier molecular flexibility index (Phi) is 2.90. The lowest BCUT2D eigenvalue weighted by Crippen LogP contribution is -2.30. The Balaban J connectivity index is 1.48. The molecule has 0 radical (unpaired) electrons. The fourth-order valence-electron chi connectivity index (χ4n) is 3.35. The van der Waals surface area contributed by atoms with Crippen molar-refractivity contribution in [1.29, 1.82) is 0 Å². The number of halogens is 1. The van der Waals surface area contributed by atoms with Gasteiger partial charge in [-0.25, -0.2) is 19.3 Å². The monoisotopic (exact) mass is 286 g/mol. The van der Waals surface area contributed by atoms with Crippen molar-refractivity contribution in [3.8, 4) is 0 Å². The summed E-state index contributed by atoms with van der Waals surface area (Å²) in [6.07, 6.45) is 7.82. The molecule has 0 amide bonds. The first-order valence-electron chi connectivity index (χ1n) is 7.02. The number of hydrogen-bond acceptors (Lipinski definition) is 6. The van der Waals surface area contributed by atoms with Crippen LogP contribution in [0.5, 0.6) is 0 Å². The van der Waals surface area contributed by atoms with Crippen molar-refractivity contribution in [3.63, 3.8) is 0 Å². The van der Waals surface area contributed by atoms with Crippen molar-refractivity contribution in [2.75, 3.05) is 36.0 Å². The van der Waals surface area contributed by atoms with Gasteiger partial charge in [0.05, 0.1) is 12.4 Å². The first-order chi connectivity index (χ1) is 10.3. The van der Waals surface area contributed by atoms with Gasteiger partial charge >= 0.3 is 0 Å². The number of nitrogens with zero attached hydrogens (tertiary/aromatic N) is 6. The molecule has 2 aliphatic heterocycles. The highest BCUT2D eigenvalue weighted by atomic mass is 19.1. The van der Waals surface area contributed by atoms with Gasteiger partial charge in [0.2, 0.25) is 0 Å². The molecule has 0 saturated carbocycles. The average Bonchev–Trinajstić information content (AvgIpc) is 3.07.